The molecule has 1 aromatic carbocycles. The second kappa shape index (κ2) is 7.08. The minimum atomic E-state index is -0.423. The maximum absolute atomic E-state index is 12.5. The molecule has 3 rings (SSSR count). The van der Waals surface area contributed by atoms with E-state index >= 15 is 0 Å². The summed E-state index contributed by atoms with van der Waals surface area (Å²) >= 11 is 0. The molecule has 1 aromatic heterocycles. The molecule has 0 unspecified atom stereocenters. The Morgan fingerprint density at radius 2 is 1.92 bits per heavy atom. The fourth-order valence-electron chi connectivity index (χ4n) is 2.58. The second-order valence-electron chi connectivity index (χ2n) is 5.40. The Balaban J connectivity index is 1.61. The Morgan fingerprint density at radius 3 is 2.58 bits per heavy atom. The van der Waals surface area contributed by atoms with Gasteiger partial charge in [0, 0.05) is 30.8 Å². The number of amides is 1. The molecule has 1 saturated heterocycles. The summed E-state index contributed by atoms with van der Waals surface area (Å²) in [6, 6.07) is 8.13. The van der Waals surface area contributed by atoms with Crippen LogP contribution in [0.5, 0.6) is 5.88 Å². The molecule has 24 heavy (non-hydrogen) atoms. The number of esters is 1. The van der Waals surface area contributed by atoms with Gasteiger partial charge in [0.1, 0.15) is 12.4 Å². The number of benzene rings is 1. The van der Waals surface area contributed by atoms with Crippen LogP contribution in [0, 0.1) is 0 Å². The third-order valence-corrected chi connectivity index (χ3v) is 3.83. The molecule has 1 amide bonds. The van der Waals surface area contributed by atoms with Crippen molar-refractivity contribution in [1.82, 2.24) is 14.9 Å². The van der Waals surface area contributed by atoms with E-state index in [1.165, 1.54) is 13.4 Å². The van der Waals surface area contributed by atoms with Gasteiger partial charge in [0.15, 0.2) is 0 Å². The molecule has 2 aromatic rings. The normalized spacial score (nSPS) is 16.7. The quantitative estimate of drug-likeness (QED) is 0.793. The van der Waals surface area contributed by atoms with E-state index in [9.17, 15) is 9.59 Å². The number of nitrogens with zero attached hydrogens (tertiary/aromatic N) is 3. The summed E-state index contributed by atoms with van der Waals surface area (Å²) < 4.78 is 10.4. The molecule has 1 fully saturated rings. The summed E-state index contributed by atoms with van der Waals surface area (Å²) in [4.78, 5) is 33.5. The monoisotopic (exact) mass is 327 g/mol. The van der Waals surface area contributed by atoms with Gasteiger partial charge < -0.3 is 14.4 Å². The number of likely N-dealkylation sites (tertiary alicyclic amines) is 1. The zero-order valence-corrected chi connectivity index (χ0v) is 13.2. The van der Waals surface area contributed by atoms with Crippen molar-refractivity contribution in [3.63, 3.8) is 0 Å². The zero-order valence-electron chi connectivity index (χ0n) is 13.2. The van der Waals surface area contributed by atoms with E-state index in [1.54, 1.807) is 41.4 Å². The van der Waals surface area contributed by atoms with Crippen molar-refractivity contribution >= 4 is 11.9 Å². The van der Waals surface area contributed by atoms with Gasteiger partial charge in [-0.1, -0.05) is 0 Å². The average Bonchev–Trinajstić information content (AvgIpc) is 3.10. The number of rotatable bonds is 4. The highest BCUT2D eigenvalue weighted by Gasteiger charge is 2.28. The number of methoxy groups -OCH3 is 1. The van der Waals surface area contributed by atoms with Crippen molar-refractivity contribution in [3.8, 4) is 5.88 Å². The predicted molar refractivity (Wildman–Crippen MR) is 84.8 cm³/mol. The number of carbonyl (C=O) groups is 2. The van der Waals surface area contributed by atoms with E-state index in [1.807, 2.05) is 0 Å². The van der Waals surface area contributed by atoms with Gasteiger partial charge in [-0.25, -0.2) is 14.8 Å². The highest BCUT2D eigenvalue weighted by molar-refractivity contribution is 5.96. The second-order valence-corrected chi connectivity index (χ2v) is 5.40. The van der Waals surface area contributed by atoms with Crippen LogP contribution in [0.15, 0.2) is 42.9 Å². The largest absolute Gasteiger partial charge is 0.472 e. The van der Waals surface area contributed by atoms with E-state index in [4.69, 9.17) is 4.74 Å². The minimum absolute atomic E-state index is 0.0831. The van der Waals surface area contributed by atoms with E-state index in [0.29, 0.717) is 30.1 Å². The molecule has 0 N–H and O–H groups in total. The molecule has 2 heterocycles. The lowest BCUT2D eigenvalue weighted by Gasteiger charge is -2.17. The van der Waals surface area contributed by atoms with Crippen molar-refractivity contribution < 1.29 is 19.1 Å². The Kier molecular flexibility index (Phi) is 4.69. The van der Waals surface area contributed by atoms with Crippen molar-refractivity contribution in [2.24, 2.45) is 0 Å². The van der Waals surface area contributed by atoms with Gasteiger partial charge in [0.25, 0.3) is 5.91 Å². The summed E-state index contributed by atoms with van der Waals surface area (Å²) in [5, 5.41) is 0. The van der Waals surface area contributed by atoms with E-state index in [0.717, 1.165) is 6.42 Å². The fraction of sp³-hybridized carbons (Fsp3) is 0.294. The van der Waals surface area contributed by atoms with Gasteiger partial charge in [-0.2, -0.15) is 0 Å². The third-order valence-electron chi connectivity index (χ3n) is 3.83. The fourth-order valence-corrected chi connectivity index (χ4v) is 2.58. The van der Waals surface area contributed by atoms with Gasteiger partial charge in [-0.15, -0.1) is 0 Å². The van der Waals surface area contributed by atoms with Crippen LogP contribution in [-0.2, 0) is 4.74 Å². The third kappa shape index (κ3) is 3.51. The Morgan fingerprint density at radius 1 is 1.17 bits per heavy atom. The first-order valence-corrected chi connectivity index (χ1v) is 7.57. The van der Waals surface area contributed by atoms with Crippen molar-refractivity contribution in [2.75, 3.05) is 20.2 Å². The van der Waals surface area contributed by atoms with Crippen LogP contribution in [0.4, 0.5) is 0 Å². The zero-order chi connectivity index (χ0) is 16.9. The first-order chi connectivity index (χ1) is 11.7. The lowest BCUT2D eigenvalue weighted by molar-refractivity contribution is 0.0600. The van der Waals surface area contributed by atoms with Crippen molar-refractivity contribution in [2.45, 2.75) is 12.5 Å². The molecule has 1 aliphatic heterocycles. The van der Waals surface area contributed by atoms with E-state index in [2.05, 4.69) is 14.7 Å². The van der Waals surface area contributed by atoms with Crippen LogP contribution in [0.25, 0.3) is 0 Å². The van der Waals surface area contributed by atoms with Crippen LogP contribution in [0.3, 0.4) is 0 Å². The summed E-state index contributed by atoms with van der Waals surface area (Å²) in [6.45, 7) is 1.12. The molecule has 124 valence electrons. The average molecular weight is 327 g/mol. The first-order valence-electron chi connectivity index (χ1n) is 7.57. The lowest BCUT2D eigenvalue weighted by atomic mass is 10.1. The van der Waals surface area contributed by atoms with E-state index in [-0.39, 0.29) is 12.0 Å². The summed E-state index contributed by atoms with van der Waals surface area (Å²) in [5.41, 5.74) is 0.950. The van der Waals surface area contributed by atoms with Gasteiger partial charge in [-0.05, 0) is 24.3 Å². The lowest BCUT2D eigenvalue weighted by Crippen LogP contribution is -2.31. The number of hydrogen-bond acceptors (Lipinski definition) is 6. The Bertz CT molecular complexity index is 718. The number of carbonyl (C=O) groups excluding carboxylic acids is 2. The molecule has 0 spiro atoms. The Hall–Kier alpha value is -2.96. The molecule has 0 saturated carbocycles. The molecular formula is C17H17N3O4. The van der Waals surface area contributed by atoms with Gasteiger partial charge in [0.05, 0.1) is 19.2 Å². The maximum Gasteiger partial charge on any atom is 0.337 e. The maximum atomic E-state index is 12.5. The van der Waals surface area contributed by atoms with Crippen LogP contribution in [0.2, 0.25) is 0 Å². The molecule has 7 heteroatoms. The smallest absolute Gasteiger partial charge is 0.337 e. The molecule has 0 radical (unpaired) electrons. The minimum Gasteiger partial charge on any atom is -0.472 e. The van der Waals surface area contributed by atoms with E-state index < -0.39 is 5.97 Å². The summed E-state index contributed by atoms with van der Waals surface area (Å²) in [5.74, 6) is 0.000389. The standard InChI is InChI=1S/C17H17N3O4/c1-23-17(22)13-4-2-12(3-5-13)16(21)20-9-7-14(10-20)24-15-6-8-18-11-19-15/h2-6,8,11,14H,7,9-10H2,1H3/t14-/m0/s1. The molecular weight excluding hydrogens is 310 g/mol. The SMILES string of the molecule is COC(=O)c1ccc(C(=O)N2CC[C@H](Oc3ccncn3)C2)cc1. The first kappa shape index (κ1) is 15.9. The van der Waals surface area contributed by atoms with Crippen LogP contribution in [0.1, 0.15) is 27.1 Å². The molecule has 7 nitrogen and oxygen atoms in total. The molecule has 0 bridgehead atoms. The predicted octanol–water partition coefficient (Wildman–Crippen LogP) is 1.56. The highest BCUT2D eigenvalue weighted by atomic mass is 16.5. The van der Waals surface area contributed by atoms with Gasteiger partial charge in [-0.3, -0.25) is 4.79 Å². The topological polar surface area (TPSA) is 81.6 Å². The number of hydrogen-bond donors (Lipinski definition) is 0. The molecule has 1 atom stereocenters. The van der Waals surface area contributed by atoms with Gasteiger partial charge in [0.2, 0.25) is 5.88 Å². The van der Waals surface area contributed by atoms with Crippen LogP contribution in [-0.4, -0.2) is 53.0 Å². The number of aromatic nitrogens is 2. The van der Waals surface area contributed by atoms with Crippen molar-refractivity contribution in [1.29, 1.82) is 0 Å². The molecule has 1 aliphatic rings. The van der Waals surface area contributed by atoms with Crippen molar-refractivity contribution in [3.05, 3.63) is 54.0 Å². The van der Waals surface area contributed by atoms with Crippen LogP contribution >= 0.6 is 0 Å². The summed E-state index contributed by atoms with van der Waals surface area (Å²) in [6.07, 6.45) is 3.70. The van der Waals surface area contributed by atoms with Gasteiger partial charge >= 0.3 is 5.97 Å². The molecule has 0 aliphatic carbocycles. The number of ether oxygens (including phenoxy) is 2. The Labute approximate surface area is 139 Å². The highest BCUT2D eigenvalue weighted by Crippen LogP contribution is 2.18. The summed E-state index contributed by atoms with van der Waals surface area (Å²) in [7, 11) is 1.32. The van der Waals surface area contributed by atoms with Crippen LogP contribution < -0.4 is 4.74 Å².